The number of fused-ring (bicyclic) bond motifs is 1. The largest absolute Gasteiger partial charge is 0.489 e. The van der Waals surface area contributed by atoms with Crippen molar-refractivity contribution in [3.8, 4) is 17.6 Å². The summed E-state index contributed by atoms with van der Waals surface area (Å²) in [7, 11) is 0. The van der Waals surface area contributed by atoms with Crippen molar-refractivity contribution in [1.82, 2.24) is 9.88 Å². The van der Waals surface area contributed by atoms with Crippen molar-refractivity contribution in [2.24, 2.45) is 0 Å². The third-order valence-corrected chi connectivity index (χ3v) is 7.84. The van der Waals surface area contributed by atoms with Crippen LogP contribution in [0.3, 0.4) is 0 Å². The molecule has 2 heterocycles. The lowest BCUT2D eigenvalue weighted by Crippen LogP contribution is -2.45. The van der Waals surface area contributed by atoms with Gasteiger partial charge in [0, 0.05) is 32.7 Å². The molecule has 1 fully saturated rings. The summed E-state index contributed by atoms with van der Waals surface area (Å²) in [6, 6.07) is 24.5. The summed E-state index contributed by atoms with van der Waals surface area (Å²) in [5.41, 5.74) is 4.38. The molecule has 1 N–H and O–H groups in total. The van der Waals surface area contributed by atoms with Crippen LogP contribution in [0.15, 0.2) is 72.8 Å². The first-order chi connectivity index (χ1) is 18.6. The number of para-hydroxylation sites is 1. The Bertz CT molecular complexity index is 1400. The van der Waals surface area contributed by atoms with Gasteiger partial charge in [0.15, 0.2) is 5.13 Å². The maximum absolute atomic E-state index is 11.1. The Hall–Kier alpha value is -3.51. The van der Waals surface area contributed by atoms with Gasteiger partial charge in [-0.2, -0.15) is 13.5 Å². The molecule has 3 aromatic carbocycles. The van der Waals surface area contributed by atoms with E-state index in [0.717, 1.165) is 60.2 Å². The van der Waals surface area contributed by atoms with Gasteiger partial charge in [-0.15, -0.1) is 5.92 Å². The lowest BCUT2D eigenvalue weighted by Gasteiger charge is -2.34. The summed E-state index contributed by atoms with van der Waals surface area (Å²) in [5, 5.41) is 10.3. The van der Waals surface area contributed by atoms with Crippen LogP contribution < -0.4 is 9.64 Å². The first-order valence-corrected chi connectivity index (χ1v) is 13.7. The third-order valence-electron chi connectivity index (χ3n) is 6.74. The van der Waals surface area contributed by atoms with Gasteiger partial charge in [0.05, 0.1) is 22.6 Å². The van der Waals surface area contributed by atoms with Crippen molar-refractivity contribution in [2.45, 2.75) is 32.4 Å². The molecule has 0 amide bonds. The average molecular weight is 560 g/mol. The molecule has 1 aromatic heterocycles. The number of aromatic nitrogens is 1. The van der Waals surface area contributed by atoms with Gasteiger partial charge in [-0.25, -0.2) is 4.98 Å². The van der Waals surface area contributed by atoms with E-state index in [2.05, 4.69) is 64.1 Å². The molecule has 1 aliphatic heterocycles. The Labute approximate surface area is 240 Å². The minimum atomic E-state index is -0.853. The molecule has 1 atom stereocenters. The Balaban J connectivity index is 0.00000353. The van der Waals surface area contributed by atoms with E-state index in [4.69, 9.17) is 14.8 Å². The number of thiazole rings is 1. The number of nitrogens with zero attached hydrogens (tertiary/aromatic N) is 3. The maximum atomic E-state index is 11.1. The molecule has 0 radical (unpaired) electrons. The summed E-state index contributed by atoms with van der Waals surface area (Å²) in [4.78, 5) is 20.8. The zero-order valence-corrected chi connectivity index (χ0v) is 23.8. The standard InChI is InChI=1S/C31H31N3O3S.H2S/c1-2-5-26(20-30(35)36)25-12-14-27(15-13-25)37-22-24-10-8-23(9-11-24)21-33-16-18-34(19-17-33)31-32-28-6-3-4-7-29(28)38-31;/h3-4,6-15,26H,16-22H2,1H3,(H,35,36);1H2/t26-;/m0./s1. The first-order valence-electron chi connectivity index (χ1n) is 12.8. The van der Waals surface area contributed by atoms with Crippen molar-refractivity contribution < 1.29 is 14.6 Å². The molecule has 0 bridgehead atoms. The van der Waals surface area contributed by atoms with Gasteiger partial charge in [0.2, 0.25) is 0 Å². The minimum Gasteiger partial charge on any atom is -0.489 e. The molecule has 8 heteroatoms. The Morgan fingerprint density at radius 3 is 2.36 bits per heavy atom. The quantitative estimate of drug-likeness (QED) is 0.258. The number of rotatable bonds is 9. The highest BCUT2D eigenvalue weighted by Crippen LogP contribution is 2.29. The molecular weight excluding hydrogens is 526 g/mol. The molecule has 1 aliphatic rings. The number of benzene rings is 3. The van der Waals surface area contributed by atoms with Crippen LogP contribution in [0.5, 0.6) is 5.75 Å². The second-order valence-corrected chi connectivity index (χ2v) is 10.5. The van der Waals surface area contributed by atoms with E-state index in [1.165, 1.54) is 10.3 Å². The molecular formula is C31H33N3O3S2. The van der Waals surface area contributed by atoms with Crippen LogP contribution in [-0.4, -0.2) is 47.1 Å². The van der Waals surface area contributed by atoms with Gasteiger partial charge in [-0.1, -0.05) is 65.8 Å². The fourth-order valence-electron chi connectivity index (χ4n) is 4.66. The van der Waals surface area contributed by atoms with E-state index in [1.807, 2.05) is 30.3 Å². The Morgan fingerprint density at radius 1 is 1.00 bits per heavy atom. The number of hydrogen-bond acceptors (Lipinski definition) is 6. The van der Waals surface area contributed by atoms with Crippen molar-refractivity contribution in [3.05, 3.63) is 89.5 Å². The number of carbonyl (C=O) groups is 1. The lowest BCUT2D eigenvalue weighted by atomic mass is 9.96. The van der Waals surface area contributed by atoms with Crippen LogP contribution in [0, 0.1) is 11.8 Å². The molecule has 39 heavy (non-hydrogen) atoms. The van der Waals surface area contributed by atoms with Crippen molar-refractivity contribution in [1.29, 1.82) is 0 Å². The molecule has 0 spiro atoms. The molecule has 202 valence electrons. The average Bonchev–Trinajstić information content (AvgIpc) is 3.37. The molecule has 0 unspecified atom stereocenters. The van der Waals surface area contributed by atoms with E-state index in [0.29, 0.717) is 6.61 Å². The van der Waals surface area contributed by atoms with E-state index < -0.39 is 5.97 Å². The highest BCUT2D eigenvalue weighted by atomic mass is 32.1. The predicted octanol–water partition coefficient (Wildman–Crippen LogP) is 5.89. The van der Waals surface area contributed by atoms with Crippen LogP contribution >= 0.6 is 24.8 Å². The van der Waals surface area contributed by atoms with Crippen molar-refractivity contribution in [3.63, 3.8) is 0 Å². The normalized spacial score (nSPS) is 14.2. The maximum Gasteiger partial charge on any atom is 0.304 e. The molecule has 0 saturated carbocycles. The van der Waals surface area contributed by atoms with E-state index in [9.17, 15) is 4.79 Å². The summed E-state index contributed by atoms with van der Waals surface area (Å²) in [6.45, 7) is 7.17. The number of piperazine rings is 1. The van der Waals surface area contributed by atoms with Gasteiger partial charge in [0.1, 0.15) is 12.4 Å². The van der Waals surface area contributed by atoms with Crippen LogP contribution in [0.2, 0.25) is 0 Å². The van der Waals surface area contributed by atoms with Gasteiger partial charge in [0.25, 0.3) is 0 Å². The first kappa shape index (κ1) is 28.5. The number of carboxylic acids is 1. The number of hydrogen-bond donors (Lipinski definition) is 1. The minimum absolute atomic E-state index is 0. The molecule has 1 saturated heterocycles. The van der Waals surface area contributed by atoms with Crippen LogP contribution in [0.4, 0.5) is 5.13 Å². The van der Waals surface area contributed by atoms with Crippen LogP contribution in [0.1, 0.15) is 36.0 Å². The number of ether oxygens (including phenoxy) is 1. The van der Waals surface area contributed by atoms with Crippen LogP contribution in [0.25, 0.3) is 10.2 Å². The zero-order valence-electron chi connectivity index (χ0n) is 22.0. The highest BCUT2D eigenvalue weighted by Gasteiger charge is 2.20. The van der Waals surface area contributed by atoms with Gasteiger partial charge in [-0.3, -0.25) is 9.69 Å². The molecule has 5 rings (SSSR count). The predicted molar refractivity (Wildman–Crippen MR) is 163 cm³/mol. The highest BCUT2D eigenvalue weighted by molar-refractivity contribution is 7.59. The summed E-state index contributed by atoms with van der Waals surface area (Å²) >= 11 is 1.78. The Kier molecular flexibility index (Phi) is 9.88. The second-order valence-electron chi connectivity index (χ2n) is 9.45. The van der Waals surface area contributed by atoms with Crippen molar-refractivity contribution >= 4 is 46.1 Å². The lowest BCUT2D eigenvalue weighted by molar-refractivity contribution is -0.137. The second kappa shape index (κ2) is 13.5. The van der Waals surface area contributed by atoms with Gasteiger partial charge < -0.3 is 14.7 Å². The third kappa shape index (κ3) is 7.54. The smallest absolute Gasteiger partial charge is 0.304 e. The van der Waals surface area contributed by atoms with E-state index >= 15 is 0 Å². The van der Waals surface area contributed by atoms with E-state index in [-0.39, 0.29) is 25.8 Å². The zero-order chi connectivity index (χ0) is 26.3. The van der Waals surface area contributed by atoms with E-state index in [1.54, 1.807) is 18.3 Å². The van der Waals surface area contributed by atoms with Gasteiger partial charge in [-0.05, 0) is 47.9 Å². The summed E-state index contributed by atoms with van der Waals surface area (Å²) < 4.78 is 7.21. The summed E-state index contributed by atoms with van der Waals surface area (Å²) in [6.07, 6.45) is -0.00771. The topological polar surface area (TPSA) is 65.9 Å². The molecule has 0 aliphatic carbocycles. The van der Waals surface area contributed by atoms with Crippen LogP contribution in [-0.2, 0) is 17.9 Å². The fraction of sp³-hybridized carbons (Fsp3) is 0.290. The molecule has 6 nitrogen and oxygen atoms in total. The van der Waals surface area contributed by atoms with Gasteiger partial charge >= 0.3 is 5.97 Å². The number of anilines is 1. The SMILES string of the molecule is CC#C[C@@H](CC(=O)O)c1ccc(OCc2ccc(CN3CCN(c4nc5ccccc5s4)CC3)cc2)cc1.S. The fourth-order valence-corrected chi connectivity index (χ4v) is 5.67. The molecule has 4 aromatic rings. The Morgan fingerprint density at radius 2 is 1.69 bits per heavy atom. The number of aliphatic carboxylic acids is 1. The monoisotopic (exact) mass is 559 g/mol. The summed E-state index contributed by atoms with van der Waals surface area (Å²) in [5.74, 6) is 5.39. The number of carboxylic acid groups (broad SMARTS) is 1. The van der Waals surface area contributed by atoms with Crippen molar-refractivity contribution in [2.75, 3.05) is 31.1 Å².